The standard InChI is InChI=1S/C18H22FN7O/c19-12-1-3-25(4-2-12)18-23-15(11-7-21-17(20)22-8-11)6-16(24-18)26-9-14-5-13(26)10-27-14/h6-8,12-14H,1-5,9-10H2,(H2,20,21,22). The fourth-order valence-corrected chi connectivity index (χ4v) is 4.06. The number of rotatable bonds is 3. The summed E-state index contributed by atoms with van der Waals surface area (Å²) in [7, 11) is 0. The van der Waals surface area contributed by atoms with Gasteiger partial charge in [-0.15, -0.1) is 0 Å². The number of alkyl halides is 1. The van der Waals surface area contributed by atoms with Gasteiger partial charge in [-0.1, -0.05) is 0 Å². The van der Waals surface area contributed by atoms with E-state index in [0.717, 1.165) is 36.6 Å². The fourth-order valence-electron chi connectivity index (χ4n) is 4.06. The van der Waals surface area contributed by atoms with E-state index in [-0.39, 0.29) is 12.1 Å². The summed E-state index contributed by atoms with van der Waals surface area (Å²) >= 11 is 0. The largest absolute Gasteiger partial charge is 0.374 e. The molecule has 8 nitrogen and oxygen atoms in total. The van der Waals surface area contributed by atoms with Gasteiger partial charge in [0.05, 0.1) is 24.4 Å². The van der Waals surface area contributed by atoms with Gasteiger partial charge in [0, 0.05) is 43.7 Å². The van der Waals surface area contributed by atoms with Crippen molar-refractivity contribution in [2.75, 3.05) is 41.8 Å². The Hall–Kier alpha value is -2.55. The Kier molecular flexibility index (Phi) is 4.04. The first-order valence-electron chi connectivity index (χ1n) is 9.40. The van der Waals surface area contributed by atoms with Gasteiger partial charge >= 0.3 is 0 Å². The second kappa shape index (κ2) is 6.56. The quantitative estimate of drug-likeness (QED) is 0.866. The van der Waals surface area contributed by atoms with Crippen LogP contribution in [0.3, 0.4) is 0 Å². The van der Waals surface area contributed by atoms with E-state index in [9.17, 15) is 4.39 Å². The van der Waals surface area contributed by atoms with Gasteiger partial charge in [-0.05, 0) is 19.3 Å². The number of fused-ring (bicyclic) bond motifs is 2. The van der Waals surface area contributed by atoms with Crippen LogP contribution in [0.5, 0.6) is 0 Å². The Bertz CT molecular complexity index is 825. The monoisotopic (exact) mass is 371 g/mol. The van der Waals surface area contributed by atoms with Gasteiger partial charge in [-0.25, -0.2) is 19.3 Å². The van der Waals surface area contributed by atoms with Gasteiger partial charge in [0.2, 0.25) is 11.9 Å². The molecule has 2 N–H and O–H groups in total. The SMILES string of the molecule is Nc1ncc(-c2cc(N3CC4CC3CO4)nc(N3CCC(F)CC3)n2)cn1. The molecule has 0 saturated carbocycles. The molecular formula is C18H22FN7O. The van der Waals surface area contributed by atoms with Gasteiger partial charge in [-0.2, -0.15) is 4.98 Å². The third-order valence-electron chi connectivity index (χ3n) is 5.57. The minimum atomic E-state index is -0.735. The third-order valence-corrected chi connectivity index (χ3v) is 5.57. The molecule has 2 unspecified atom stereocenters. The third kappa shape index (κ3) is 3.16. The predicted octanol–water partition coefficient (Wildman–Crippen LogP) is 1.43. The zero-order valence-corrected chi connectivity index (χ0v) is 15.0. The normalized spacial score (nSPS) is 25.4. The summed E-state index contributed by atoms with van der Waals surface area (Å²) in [5.74, 6) is 1.74. The topological polar surface area (TPSA) is 93.3 Å². The number of halogens is 1. The Labute approximate surface area is 156 Å². The van der Waals surface area contributed by atoms with Crippen LogP contribution >= 0.6 is 0 Å². The van der Waals surface area contributed by atoms with Crippen molar-refractivity contribution in [1.29, 1.82) is 0 Å². The van der Waals surface area contributed by atoms with Crippen molar-refractivity contribution in [1.82, 2.24) is 19.9 Å². The lowest BCUT2D eigenvalue weighted by Crippen LogP contribution is -2.39. The van der Waals surface area contributed by atoms with E-state index in [1.165, 1.54) is 0 Å². The summed E-state index contributed by atoms with van der Waals surface area (Å²) in [5.41, 5.74) is 7.15. The van der Waals surface area contributed by atoms with Crippen LogP contribution in [0.25, 0.3) is 11.3 Å². The van der Waals surface area contributed by atoms with Crippen LogP contribution in [0.15, 0.2) is 18.5 Å². The molecule has 5 rings (SSSR count). The molecule has 2 atom stereocenters. The van der Waals surface area contributed by atoms with Gasteiger partial charge in [0.25, 0.3) is 0 Å². The first-order chi connectivity index (χ1) is 13.2. The van der Waals surface area contributed by atoms with E-state index in [4.69, 9.17) is 20.4 Å². The Balaban J connectivity index is 1.53. The molecule has 3 aliphatic rings. The highest BCUT2D eigenvalue weighted by molar-refractivity contribution is 5.64. The van der Waals surface area contributed by atoms with Crippen LogP contribution < -0.4 is 15.5 Å². The van der Waals surface area contributed by atoms with E-state index in [1.807, 2.05) is 6.07 Å². The van der Waals surface area contributed by atoms with E-state index < -0.39 is 6.17 Å². The molecule has 27 heavy (non-hydrogen) atoms. The molecule has 5 heterocycles. The number of hydrogen-bond donors (Lipinski definition) is 1. The highest BCUT2D eigenvalue weighted by atomic mass is 19.1. The van der Waals surface area contributed by atoms with E-state index in [2.05, 4.69) is 19.8 Å². The highest BCUT2D eigenvalue weighted by Gasteiger charge is 2.40. The van der Waals surface area contributed by atoms with Crippen LogP contribution in [0.4, 0.5) is 22.1 Å². The predicted molar refractivity (Wildman–Crippen MR) is 99.3 cm³/mol. The molecule has 0 radical (unpaired) electrons. The summed E-state index contributed by atoms with van der Waals surface area (Å²) in [6.45, 7) is 2.82. The van der Waals surface area contributed by atoms with Crippen molar-refractivity contribution in [2.45, 2.75) is 37.6 Å². The maximum absolute atomic E-state index is 13.6. The highest BCUT2D eigenvalue weighted by Crippen LogP contribution is 2.34. The smallest absolute Gasteiger partial charge is 0.227 e. The molecule has 2 aromatic rings. The van der Waals surface area contributed by atoms with Crippen molar-refractivity contribution in [3.05, 3.63) is 18.5 Å². The Morgan fingerprint density at radius 2 is 1.93 bits per heavy atom. The lowest BCUT2D eigenvalue weighted by Gasteiger charge is -2.32. The summed E-state index contributed by atoms with van der Waals surface area (Å²) < 4.78 is 19.3. The lowest BCUT2D eigenvalue weighted by molar-refractivity contribution is 0.0989. The molecule has 2 bridgehead atoms. The number of aromatic nitrogens is 4. The average molecular weight is 371 g/mol. The number of ether oxygens (including phenoxy) is 1. The minimum absolute atomic E-state index is 0.229. The van der Waals surface area contributed by atoms with Gasteiger partial charge in [0.15, 0.2) is 0 Å². The summed E-state index contributed by atoms with van der Waals surface area (Å²) in [5, 5.41) is 0. The number of anilines is 3. The molecule has 3 saturated heterocycles. The number of morpholine rings is 1. The van der Waals surface area contributed by atoms with Gasteiger partial charge in [0.1, 0.15) is 12.0 Å². The molecule has 0 amide bonds. The Morgan fingerprint density at radius 1 is 1.15 bits per heavy atom. The van der Waals surface area contributed by atoms with Crippen molar-refractivity contribution in [2.24, 2.45) is 0 Å². The van der Waals surface area contributed by atoms with Gasteiger partial charge in [-0.3, -0.25) is 0 Å². The van der Waals surface area contributed by atoms with Crippen LogP contribution in [0.1, 0.15) is 19.3 Å². The van der Waals surface area contributed by atoms with Crippen molar-refractivity contribution in [3.63, 3.8) is 0 Å². The zero-order valence-electron chi connectivity index (χ0n) is 15.0. The molecule has 9 heteroatoms. The van der Waals surface area contributed by atoms with Crippen molar-refractivity contribution < 1.29 is 9.13 Å². The van der Waals surface area contributed by atoms with Crippen LogP contribution in [0, 0.1) is 0 Å². The summed E-state index contributed by atoms with van der Waals surface area (Å²) in [4.78, 5) is 22.1. The molecule has 3 aliphatic heterocycles. The summed E-state index contributed by atoms with van der Waals surface area (Å²) in [6, 6.07) is 2.32. The average Bonchev–Trinajstić information content (AvgIpc) is 3.32. The maximum Gasteiger partial charge on any atom is 0.227 e. The molecule has 0 spiro atoms. The fraction of sp³-hybridized carbons (Fsp3) is 0.556. The van der Waals surface area contributed by atoms with E-state index in [0.29, 0.717) is 37.9 Å². The molecule has 2 aromatic heterocycles. The first-order valence-corrected chi connectivity index (χ1v) is 9.40. The second-order valence-electron chi connectivity index (χ2n) is 7.40. The zero-order chi connectivity index (χ0) is 18.4. The van der Waals surface area contributed by atoms with E-state index >= 15 is 0 Å². The number of nitrogens with two attached hydrogens (primary N) is 1. The van der Waals surface area contributed by atoms with Crippen LogP contribution in [-0.2, 0) is 4.74 Å². The van der Waals surface area contributed by atoms with Crippen molar-refractivity contribution in [3.8, 4) is 11.3 Å². The number of nitrogens with zero attached hydrogens (tertiary/aromatic N) is 6. The number of nitrogen functional groups attached to an aromatic ring is 1. The maximum atomic E-state index is 13.6. The van der Waals surface area contributed by atoms with Crippen molar-refractivity contribution >= 4 is 17.7 Å². The molecule has 3 fully saturated rings. The molecule has 142 valence electrons. The minimum Gasteiger partial charge on any atom is -0.374 e. The lowest BCUT2D eigenvalue weighted by atomic mass is 10.1. The number of hydrogen-bond acceptors (Lipinski definition) is 8. The van der Waals surface area contributed by atoms with Gasteiger partial charge < -0.3 is 20.3 Å². The van der Waals surface area contributed by atoms with E-state index in [1.54, 1.807) is 12.4 Å². The molecule has 0 aliphatic carbocycles. The molecule has 0 aromatic carbocycles. The number of piperidine rings is 1. The summed E-state index contributed by atoms with van der Waals surface area (Å²) in [6.07, 6.45) is 4.94. The van der Waals surface area contributed by atoms with Crippen LogP contribution in [-0.4, -0.2) is 64.5 Å². The molecular weight excluding hydrogens is 349 g/mol. The second-order valence-corrected chi connectivity index (χ2v) is 7.40. The first kappa shape index (κ1) is 16.6. The Morgan fingerprint density at radius 3 is 2.59 bits per heavy atom. The van der Waals surface area contributed by atoms with Crippen LogP contribution in [0.2, 0.25) is 0 Å².